The first-order valence-electron chi connectivity index (χ1n) is 37.7. The van der Waals surface area contributed by atoms with Gasteiger partial charge in [-0.05, 0) is 131 Å². The van der Waals surface area contributed by atoms with Crippen molar-refractivity contribution in [1.82, 2.24) is 48.2 Å². The molecule has 0 radical (unpaired) electrons. The summed E-state index contributed by atoms with van der Waals surface area (Å²) in [5, 5.41) is 9.93. The van der Waals surface area contributed by atoms with Crippen LogP contribution in [0.1, 0.15) is 0 Å². The molecule has 0 atom stereocenters. The van der Waals surface area contributed by atoms with Crippen molar-refractivity contribution in [2.75, 3.05) is 0 Å². The number of benzene rings is 16. The van der Waals surface area contributed by atoms with Gasteiger partial charge in [-0.25, -0.2) is 29.9 Å². The number of hydrogen-bond donors (Lipinski definition) is 0. The standard InChI is InChI=1S/2C51H33N5/c1-4-16-34(17-5-1)49-52-50(35-18-6-2-7-19-35)54-51(53-49)38-22-14-20-36(30-38)37-21-15-25-40(31-37)56-46-29-13-11-27-42(46)44-32-43-41-26-10-12-28-45(41)55(47(43)33-48(44)56)39-23-8-3-9-24-39;1-4-15-35(16-5-1)49-52-50(36-17-6-2-7-18-36)54-51(53-49)38-20-14-19-37(31-38)34-27-29-40(30-28-34)56-46-26-13-11-24-42(46)44-32-43-41-23-10-12-25-45(41)55(47(43)33-48(44)56)39-21-8-3-9-22-39/h2*1-33H. The molecule has 0 aliphatic carbocycles. The molecule has 0 saturated heterocycles. The fourth-order valence-corrected chi connectivity index (χ4v) is 16.3. The third kappa shape index (κ3) is 11.5. The van der Waals surface area contributed by atoms with Crippen LogP contribution >= 0.6 is 0 Å². The molecule has 0 spiro atoms. The zero-order chi connectivity index (χ0) is 74.0. The largest absolute Gasteiger partial charge is 0.309 e. The highest BCUT2D eigenvalue weighted by molar-refractivity contribution is 6.21. The van der Waals surface area contributed by atoms with Gasteiger partial charge in [-0.2, -0.15) is 0 Å². The maximum atomic E-state index is 5.00. The van der Waals surface area contributed by atoms with Gasteiger partial charge in [0.1, 0.15) is 0 Å². The quantitative estimate of drug-likeness (QED) is 0.121. The molecule has 0 saturated carbocycles. The zero-order valence-electron chi connectivity index (χ0n) is 60.6. The molecule has 0 aliphatic heterocycles. The Labute approximate surface area is 645 Å². The van der Waals surface area contributed by atoms with Gasteiger partial charge in [-0.1, -0.05) is 291 Å². The summed E-state index contributed by atoms with van der Waals surface area (Å²) in [6, 6.07) is 141. The minimum absolute atomic E-state index is 0.635. The van der Waals surface area contributed by atoms with Crippen molar-refractivity contribution in [3.05, 3.63) is 400 Å². The summed E-state index contributed by atoms with van der Waals surface area (Å²) >= 11 is 0. The van der Waals surface area contributed by atoms with Gasteiger partial charge in [0.2, 0.25) is 0 Å². The smallest absolute Gasteiger partial charge is 0.164 e. The second-order valence-corrected chi connectivity index (χ2v) is 28.2. The van der Waals surface area contributed by atoms with Crippen LogP contribution in [-0.4, -0.2) is 48.2 Å². The van der Waals surface area contributed by atoms with Crippen LogP contribution in [0, 0.1) is 0 Å². The lowest BCUT2D eigenvalue weighted by Gasteiger charge is -2.12. The molecule has 0 bridgehead atoms. The lowest BCUT2D eigenvalue weighted by molar-refractivity contribution is 1.07. The van der Waals surface area contributed by atoms with Crippen molar-refractivity contribution in [2.24, 2.45) is 0 Å². The molecule has 22 aromatic rings. The molecule has 6 heterocycles. The highest BCUT2D eigenvalue weighted by atomic mass is 15.1. The third-order valence-electron chi connectivity index (χ3n) is 21.5. The van der Waals surface area contributed by atoms with Crippen LogP contribution in [0.4, 0.5) is 0 Å². The number of fused-ring (bicyclic) bond motifs is 12. The Bertz CT molecular complexity index is 7220. The summed E-state index contributed by atoms with van der Waals surface area (Å²) in [6.07, 6.45) is 0. The Morgan fingerprint density at radius 2 is 0.357 bits per heavy atom. The predicted octanol–water partition coefficient (Wildman–Crippen LogP) is 25.5. The molecule has 16 aromatic carbocycles. The minimum atomic E-state index is 0.635. The van der Waals surface area contributed by atoms with Gasteiger partial charge >= 0.3 is 0 Å². The molecule has 10 nitrogen and oxygen atoms in total. The average Bonchev–Trinajstić information content (AvgIpc) is 1.56. The van der Waals surface area contributed by atoms with Crippen LogP contribution in [0.2, 0.25) is 0 Å². The molecule has 0 fully saturated rings. The molecule has 6 aromatic heterocycles. The van der Waals surface area contributed by atoms with E-state index in [4.69, 9.17) is 29.9 Å². The summed E-state index contributed by atoms with van der Waals surface area (Å²) in [6.45, 7) is 0. The lowest BCUT2D eigenvalue weighted by Crippen LogP contribution is -2.00. The molecule has 0 N–H and O–H groups in total. The first kappa shape index (κ1) is 65.1. The molecular formula is C102H66N10. The van der Waals surface area contributed by atoms with Gasteiger partial charge < -0.3 is 18.3 Å². The number of hydrogen-bond acceptors (Lipinski definition) is 6. The molecule has 0 aliphatic rings. The predicted molar refractivity (Wildman–Crippen MR) is 460 cm³/mol. The van der Waals surface area contributed by atoms with E-state index in [2.05, 4.69) is 297 Å². The summed E-state index contributed by atoms with van der Waals surface area (Å²) < 4.78 is 9.59. The number of para-hydroxylation sites is 6. The second kappa shape index (κ2) is 27.5. The molecular weight excluding hydrogens is 1370 g/mol. The van der Waals surface area contributed by atoms with Crippen molar-refractivity contribution < 1.29 is 0 Å². The highest BCUT2D eigenvalue weighted by Gasteiger charge is 2.23. The minimum Gasteiger partial charge on any atom is -0.309 e. The molecule has 0 amide bonds. The summed E-state index contributed by atoms with van der Waals surface area (Å²) in [5.74, 6) is 3.87. The van der Waals surface area contributed by atoms with Gasteiger partial charge in [-0.15, -0.1) is 0 Å². The first-order chi connectivity index (χ1) is 55.5. The topological polar surface area (TPSA) is 97.1 Å². The second-order valence-electron chi connectivity index (χ2n) is 28.2. The van der Waals surface area contributed by atoms with E-state index >= 15 is 0 Å². The summed E-state index contributed by atoms with van der Waals surface area (Å²) in [4.78, 5) is 29.7. The molecule has 10 heteroatoms. The van der Waals surface area contributed by atoms with Crippen molar-refractivity contribution in [3.63, 3.8) is 0 Å². The Morgan fingerprint density at radius 1 is 0.125 bits per heavy atom. The van der Waals surface area contributed by atoms with Gasteiger partial charge in [0.25, 0.3) is 0 Å². The summed E-state index contributed by atoms with van der Waals surface area (Å²) in [5.41, 5.74) is 24.0. The van der Waals surface area contributed by atoms with Crippen LogP contribution in [0.5, 0.6) is 0 Å². The molecule has 524 valence electrons. The van der Waals surface area contributed by atoms with Gasteiger partial charge in [0.05, 0.1) is 44.1 Å². The molecule has 112 heavy (non-hydrogen) atoms. The van der Waals surface area contributed by atoms with Crippen LogP contribution in [0.15, 0.2) is 400 Å². The fraction of sp³-hybridized carbons (Fsp3) is 0. The molecule has 22 rings (SSSR count). The van der Waals surface area contributed by atoms with Crippen LogP contribution < -0.4 is 0 Å². The van der Waals surface area contributed by atoms with Crippen LogP contribution in [0.25, 0.3) is 201 Å². The van der Waals surface area contributed by atoms with E-state index in [0.29, 0.717) is 34.9 Å². The van der Waals surface area contributed by atoms with Gasteiger partial charge in [0, 0.05) is 99.2 Å². The highest BCUT2D eigenvalue weighted by Crippen LogP contribution is 2.43. The van der Waals surface area contributed by atoms with E-state index in [1.165, 1.54) is 81.7 Å². The maximum Gasteiger partial charge on any atom is 0.164 e. The zero-order valence-corrected chi connectivity index (χ0v) is 60.6. The van der Waals surface area contributed by atoms with Gasteiger partial charge in [-0.3, -0.25) is 0 Å². The van der Waals surface area contributed by atoms with E-state index in [-0.39, 0.29) is 0 Å². The number of nitrogens with zero attached hydrogens (tertiary/aromatic N) is 10. The van der Waals surface area contributed by atoms with Crippen LogP contribution in [0.3, 0.4) is 0 Å². The summed E-state index contributed by atoms with van der Waals surface area (Å²) in [7, 11) is 0. The Hall–Kier alpha value is -15.3. The lowest BCUT2D eigenvalue weighted by atomic mass is 10.0. The van der Waals surface area contributed by atoms with E-state index < -0.39 is 0 Å². The van der Waals surface area contributed by atoms with Crippen molar-refractivity contribution in [3.8, 4) is 113 Å². The number of rotatable bonds is 12. The average molecular weight is 1430 g/mol. The van der Waals surface area contributed by atoms with Crippen molar-refractivity contribution in [2.45, 2.75) is 0 Å². The SMILES string of the molecule is c1ccc(-c2nc(-c3ccccc3)nc(-c3cccc(-c4ccc(-n5c6ccccc6c6cc7c8ccccc8n(-c8ccccc8)c7cc65)cc4)c3)n2)cc1.c1ccc(-c2nc(-c3ccccc3)nc(-c3cccc(-c4cccc(-n5c6ccccc6c6cc7c8ccccc8n(-c8ccccc8)c7cc65)c4)c3)n2)cc1. The Kier molecular flexibility index (Phi) is 16.0. The van der Waals surface area contributed by atoms with Crippen molar-refractivity contribution in [1.29, 1.82) is 0 Å². The van der Waals surface area contributed by atoms with Gasteiger partial charge in [0.15, 0.2) is 34.9 Å². The van der Waals surface area contributed by atoms with Crippen molar-refractivity contribution >= 4 is 87.2 Å². The van der Waals surface area contributed by atoms with E-state index in [1.807, 2.05) is 121 Å². The number of aromatic nitrogens is 10. The van der Waals surface area contributed by atoms with E-state index in [9.17, 15) is 0 Å². The van der Waals surface area contributed by atoms with E-state index in [1.54, 1.807) is 0 Å². The molecule has 0 unspecified atom stereocenters. The normalized spacial score (nSPS) is 11.6. The fourth-order valence-electron chi connectivity index (χ4n) is 16.3. The maximum absolute atomic E-state index is 5.00. The van der Waals surface area contributed by atoms with Crippen LogP contribution in [-0.2, 0) is 0 Å². The Morgan fingerprint density at radius 3 is 0.696 bits per heavy atom. The monoisotopic (exact) mass is 1430 g/mol. The third-order valence-corrected chi connectivity index (χ3v) is 21.5. The first-order valence-corrected chi connectivity index (χ1v) is 37.7. The van der Waals surface area contributed by atoms with E-state index in [0.717, 1.165) is 83.9 Å². The Balaban J connectivity index is 0.000000141.